The van der Waals surface area contributed by atoms with Gasteiger partial charge in [-0.2, -0.15) is 0 Å². The zero-order valence-corrected chi connectivity index (χ0v) is 11.9. The number of carbonyl (C=O) groups excluding carboxylic acids is 1. The van der Waals surface area contributed by atoms with E-state index in [4.69, 9.17) is 4.74 Å². The van der Waals surface area contributed by atoms with Crippen LogP contribution in [0.1, 0.15) is 12.0 Å². The number of nitrogens with one attached hydrogen (secondary N) is 1. The van der Waals surface area contributed by atoms with E-state index in [1.54, 1.807) is 31.4 Å². The average molecular weight is 316 g/mol. The Morgan fingerprint density at radius 3 is 2.83 bits per heavy atom. The Bertz CT molecular complexity index is 384. The molecule has 0 aromatic heterocycles. The minimum Gasteiger partial charge on any atom is -0.508 e. The van der Waals surface area contributed by atoms with Gasteiger partial charge in [-0.15, -0.1) is 0 Å². The molecule has 0 saturated carbocycles. The highest BCUT2D eigenvalue weighted by Crippen LogP contribution is 2.16. The summed E-state index contributed by atoms with van der Waals surface area (Å²) in [7, 11) is 1.63. The van der Waals surface area contributed by atoms with Crippen molar-refractivity contribution in [3.8, 4) is 5.75 Å². The summed E-state index contributed by atoms with van der Waals surface area (Å²) in [4.78, 5) is 11.8. The van der Waals surface area contributed by atoms with Gasteiger partial charge in [0.2, 0.25) is 5.91 Å². The molecule has 0 aliphatic carbocycles. The SMILES string of the molecule is COCCC(CBr)NC(=O)Cc1ccccc1O. The van der Waals surface area contributed by atoms with Crippen LogP contribution in [0.2, 0.25) is 0 Å². The van der Waals surface area contributed by atoms with E-state index >= 15 is 0 Å². The number of phenolic OH excluding ortho intramolecular Hbond substituents is 1. The first-order valence-electron chi connectivity index (χ1n) is 5.78. The van der Waals surface area contributed by atoms with Gasteiger partial charge in [0, 0.05) is 30.7 Å². The molecule has 1 rings (SSSR count). The summed E-state index contributed by atoms with van der Waals surface area (Å²) in [5, 5.41) is 13.2. The van der Waals surface area contributed by atoms with Gasteiger partial charge in [0.05, 0.1) is 6.42 Å². The van der Waals surface area contributed by atoms with Gasteiger partial charge in [-0.3, -0.25) is 4.79 Å². The molecule has 1 aromatic rings. The summed E-state index contributed by atoms with van der Waals surface area (Å²) < 4.78 is 4.98. The van der Waals surface area contributed by atoms with Crippen LogP contribution in [0.15, 0.2) is 24.3 Å². The van der Waals surface area contributed by atoms with Crippen molar-refractivity contribution in [1.82, 2.24) is 5.32 Å². The highest BCUT2D eigenvalue weighted by atomic mass is 79.9. The van der Waals surface area contributed by atoms with E-state index in [1.807, 2.05) is 0 Å². The molecule has 2 N–H and O–H groups in total. The van der Waals surface area contributed by atoms with Crippen molar-refractivity contribution in [2.75, 3.05) is 19.0 Å². The van der Waals surface area contributed by atoms with Gasteiger partial charge >= 0.3 is 0 Å². The number of benzene rings is 1. The summed E-state index contributed by atoms with van der Waals surface area (Å²) >= 11 is 3.35. The molecule has 0 heterocycles. The lowest BCUT2D eigenvalue weighted by Gasteiger charge is -2.16. The van der Waals surface area contributed by atoms with Crippen molar-refractivity contribution in [2.45, 2.75) is 18.9 Å². The lowest BCUT2D eigenvalue weighted by atomic mass is 10.1. The number of phenols is 1. The van der Waals surface area contributed by atoms with Gasteiger partial charge in [0.1, 0.15) is 5.75 Å². The van der Waals surface area contributed by atoms with Gasteiger partial charge in [0.15, 0.2) is 0 Å². The summed E-state index contributed by atoms with van der Waals surface area (Å²) in [6.45, 7) is 0.604. The van der Waals surface area contributed by atoms with Crippen LogP contribution in [-0.2, 0) is 16.0 Å². The zero-order chi connectivity index (χ0) is 13.4. The van der Waals surface area contributed by atoms with Gasteiger partial charge in [0.25, 0.3) is 0 Å². The predicted octanol–water partition coefficient (Wildman–Crippen LogP) is 1.85. The first kappa shape index (κ1) is 15.0. The second-order valence-corrected chi connectivity index (χ2v) is 4.65. The zero-order valence-electron chi connectivity index (χ0n) is 10.4. The maximum absolute atomic E-state index is 11.8. The van der Waals surface area contributed by atoms with E-state index in [0.29, 0.717) is 17.5 Å². The number of hydrogen-bond donors (Lipinski definition) is 2. The molecule has 5 heteroatoms. The lowest BCUT2D eigenvalue weighted by molar-refractivity contribution is -0.121. The highest BCUT2D eigenvalue weighted by Gasteiger charge is 2.12. The Morgan fingerprint density at radius 2 is 2.22 bits per heavy atom. The third kappa shape index (κ3) is 5.06. The molecule has 1 unspecified atom stereocenters. The first-order chi connectivity index (χ1) is 8.67. The van der Waals surface area contributed by atoms with Crippen molar-refractivity contribution in [3.05, 3.63) is 29.8 Å². The molecule has 0 aliphatic rings. The second kappa shape index (κ2) is 8.11. The molecule has 1 atom stereocenters. The molecule has 4 nitrogen and oxygen atoms in total. The summed E-state index contributed by atoms with van der Waals surface area (Å²) in [6.07, 6.45) is 0.942. The van der Waals surface area contributed by atoms with E-state index in [9.17, 15) is 9.90 Å². The van der Waals surface area contributed by atoms with Crippen molar-refractivity contribution in [2.24, 2.45) is 0 Å². The van der Waals surface area contributed by atoms with Crippen LogP contribution in [0, 0.1) is 0 Å². The molecule has 0 aliphatic heterocycles. The number of para-hydroxylation sites is 1. The van der Waals surface area contributed by atoms with E-state index in [1.165, 1.54) is 0 Å². The molecule has 0 saturated heterocycles. The fourth-order valence-electron chi connectivity index (χ4n) is 1.56. The smallest absolute Gasteiger partial charge is 0.224 e. The number of amides is 1. The van der Waals surface area contributed by atoms with E-state index in [0.717, 1.165) is 6.42 Å². The van der Waals surface area contributed by atoms with E-state index in [-0.39, 0.29) is 24.1 Å². The van der Waals surface area contributed by atoms with Gasteiger partial charge in [-0.25, -0.2) is 0 Å². The van der Waals surface area contributed by atoms with Crippen LogP contribution in [0.3, 0.4) is 0 Å². The molecule has 0 bridgehead atoms. The van der Waals surface area contributed by atoms with Crippen LogP contribution < -0.4 is 5.32 Å². The van der Waals surface area contributed by atoms with Crippen LogP contribution in [-0.4, -0.2) is 36.1 Å². The van der Waals surface area contributed by atoms with Crippen molar-refractivity contribution in [1.29, 1.82) is 0 Å². The Kier molecular flexibility index (Phi) is 6.75. The van der Waals surface area contributed by atoms with Crippen LogP contribution in [0.25, 0.3) is 0 Å². The maximum atomic E-state index is 11.8. The second-order valence-electron chi connectivity index (χ2n) is 4.01. The molecular weight excluding hydrogens is 298 g/mol. The molecule has 0 spiro atoms. The van der Waals surface area contributed by atoms with Crippen molar-refractivity contribution in [3.63, 3.8) is 0 Å². The largest absolute Gasteiger partial charge is 0.508 e. The third-order valence-electron chi connectivity index (χ3n) is 2.56. The number of hydrogen-bond acceptors (Lipinski definition) is 3. The maximum Gasteiger partial charge on any atom is 0.224 e. The lowest BCUT2D eigenvalue weighted by Crippen LogP contribution is -2.37. The number of rotatable bonds is 7. The van der Waals surface area contributed by atoms with E-state index < -0.39 is 0 Å². The fourth-order valence-corrected chi connectivity index (χ4v) is 2.05. The third-order valence-corrected chi connectivity index (χ3v) is 3.35. The molecule has 0 radical (unpaired) electrons. The number of halogens is 1. The quantitative estimate of drug-likeness (QED) is 0.755. The number of carbonyl (C=O) groups is 1. The predicted molar refractivity (Wildman–Crippen MR) is 74.0 cm³/mol. The Labute approximate surface area is 115 Å². The number of alkyl halides is 1. The first-order valence-corrected chi connectivity index (χ1v) is 6.90. The van der Waals surface area contributed by atoms with Crippen LogP contribution in [0.4, 0.5) is 0 Å². The average Bonchev–Trinajstić information content (AvgIpc) is 2.37. The highest BCUT2D eigenvalue weighted by molar-refractivity contribution is 9.09. The van der Waals surface area contributed by atoms with Gasteiger partial charge < -0.3 is 15.2 Å². The Hall–Kier alpha value is -1.07. The summed E-state index contributed by atoms with van der Waals surface area (Å²) in [5.41, 5.74) is 0.634. The van der Waals surface area contributed by atoms with Crippen LogP contribution >= 0.6 is 15.9 Å². The number of aromatic hydroxyl groups is 1. The van der Waals surface area contributed by atoms with Gasteiger partial charge in [-0.1, -0.05) is 34.1 Å². The molecule has 100 valence electrons. The van der Waals surface area contributed by atoms with Crippen LogP contribution in [0.5, 0.6) is 5.75 Å². The van der Waals surface area contributed by atoms with Crippen molar-refractivity contribution >= 4 is 21.8 Å². The molecular formula is C13H18BrNO3. The summed E-state index contributed by atoms with van der Waals surface area (Å²) in [6, 6.07) is 6.90. The standard InChI is InChI=1S/C13H18BrNO3/c1-18-7-6-11(9-14)15-13(17)8-10-4-2-3-5-12(10)16/h2-5,11,16H,6-9H2,1H3,(H,15,17). The minimum absolute atomic E-state index is 0.0447. The van der Waals surface area contributed by atoms with Gasteiger partial charge in [-0.05, 0) is 12.5 Å². The molecule has 18 heavy (non-hydrogen) atoms. The topological polar surface area (TPSA) is 58.6 Å². The normalized spacial score (nSPS) is 12.1. The van der Waals surface area contributed by atoms with E-state index in [2.05, 4.69) is 21.2 Å². The Balaban J connectivity index is 2.48. The molecule has 1 aromatic carbocycles. The summed E-state index contributed by atoms with van der Waals surface area (Å²) in [5.74, 6) is 0.0528. The fraction of sp³-hybridized carbons (Fsp3) is 0.462. The minimum atomic E-state index is -0.1000. The monoisotopic (exact) mass is 315 g/mol. The van der Waals surface area contributed by atoms with Crippen molar-refractivity contribution < 1.29 is 14.6 Å². The number of ether oxygens (including phenoxy) is 1. The number of methoxy groups -OCH3 is 1. The molecule has 1 amide bonds. The Morgan fingerprint density at radius 1 is 1.50 bits per heavy atom. The molecule has 0 fully saturated rings.